The smallest absolute Gasteiger partial charge is 0.357 e. The van der Waals surface area contributed by atoms with Crippen molar-refractivity contribution in [2.45, 2.75) is 0 Å². The minimum atomic E-state index is -0.469. The Balaban J connectivity index is 3.21. The fourth-order valence-electron chi connectivity index (χ4n) is 0.882. The van der Waals surface area contributed by atoms with Crippen molar-refractivity contribution in [3.05, 3.63) is 17.5 Å². The van der Waals surface area contributed by atoms with Crippen LogP contribution in [0.25, 0.3) is 0 Å². The van der Waals surface area contributed by atoms with Crippen LogP contribution >= 0.6 is 0 Å². The molecule has 0 amide bonds. The van der Waals surface area contributed by atoms with Gasteiger partial charge in [-0.05, 0) is 0 Å². The van der Waals surface area contributed by atoms with Gasteiger partial charge in [-0.25, -0.2) is 4.79 Å². The average Bonchev–Trinajstić information content (AvgIpc) is 2.45. The highest BCUT2D eigenvalue weighted by atomic mass is 16.5. The molecule has 12 heavy (non-hydrogen) atoms. The number of aryl methyl sites for hydroxylation is 1. The first-order chi connectivity index (χ1) is 5.70. The van der Waals surface area contributed by atoms with Crippen molar-refractivity contribution in [3.8, 4) is 12.3 Å². The van der Waals surface area contributed by atoms with Gasteiger partial charge in [0.25, 0.3) is 0 Å². The second kappa shape index (κ2) is 3.09. The van der Waals surface area contributed by atoms with E-state index in [1.54, 1.807) is 7.05 Å². The van der Waals surface area contributed by atoms with E-state index in [2.05, 4.69) is 15.8 Å². The summed E-state index contributed by atoms with van der Waals surface area (Å²) in [6.07, 6.45) is 6.60. The van der Waals surface area contributed by atoms with Gasteiger partial charge in [0.1, 0.15) is 0 Å². The normalized spacial score (nSPS) is 9.08. The Labute approximate surface area is 70.1 Å². The van der Waals surface area contributed by atoms with E-state index >= 15 is 0 Å². The molecular formula is C8H8N2O2. The molecule has 1 heterocycles. The number of carbonyl (C=O) groups excluding carboxylic acids is 1. The number of terminal acetylenes is 1. The van der Waals surface area contributed by atoms with Crippen LogP contribution in [0, 0.1) is 12.3 Å². The molecule has 0 aromatic carbocycles. The number of hydrogen-bond acceptors (Lipinski definition) is 3. The maximum atomic E-state index is 11.1. The molecule has 1 aromatic rings. The maximum Gasteiger partial charge on any atom is 0.357 e. The zero-order chi connectivity index (χ0) is 9.14. The predicted molar refractivity (Wildman–Crippen MR) is 42.5 cm³/mol. The molecule has 62 valence electrons. The van der Waals surface area contributed by atoms with Crippen LogP contribution in [-0.4, -0.2) is 22.9 Å². The molecule has 0 aliphatic heterocycles. The van der Waals surface area contributed by atoms with Gasteiger partial charge in [0.2, 0.25) is 0 Å². The van der Waals surface area contributed by atoms with E-state index in [1.165, 1.54) is 18.0 Å². The Morgan fingerprint density at radius 3 is 3.00 bits per heavy atom. The van der Waals surface area contributed by atoms with Gasteiger partial charge in [-0.3, -0.25) is 4.68 Å². The SMILES string of the molecule is C#Cc1cnn(C)c1C(=O)OC. The van der Waals surface area contributed by atoms with E-state index in [4.69, 9.17) is 6.42 Å². The van der Waals surface area contributed by atoms with Crippen LogP contribution in [0.4, 0.5) is 0 Å². The summed E-state index contributed by atoms with van der Waals surface area (Å²) >= 11 is 0. The van der Waals surface area contributed by atoms with Crippen LogP contribution in [0.15, 0.2) is 6.20 Å². The van der Waals surface area contributed by atoms with Crippen molar-refractivity contribution >= 4 is 5.97 Å². The Morgan fingerprint density at radius 1 is 1.83 bits per heavy atom. The number of aromatic nitrogens is 2. The number of rotatable bonds is 1. The highest BCUT2D eigenvalue weighted by Gasteiger charge is 2.15. The third-order valence-corrected chi connectivity index (χ3v) is 1.47. The summed E-state index contributed by atoms with van der Waals surface area (Å²) in [6, 6.07) is 0. The predicted octanol–water partition coefficient (Wildman–Crippen LogP) is 0.188. The molecule has 0 spiro atoms. The highest BCUT2D eigenvalue weighted by molar-refractivity contribution is 5.90. The lowest BCUT2D eigenvalue weighted by Gasteiger charge is -1.98. The van der Waals surface area contributed by atoms with Crippen molar-refractivity contribution < 1.29 is 9.53 Å². The van der Waals surface area contributed by atoms with Crippen LogP contribution in [0.3, 0.4) is 0 Å². The molecule has 0 bridgehead atoms. The summed E-state index contributed by atoms with van der Waals surface area (Å²) < 4.78 is 5.91. The van der Waals surface area contributed by atoms with Crippen LogP contribution < -0.4 is 0 Å². The number of ether oxygens (including phenoxy) is 1. The van der Waals surface area contributed by atoms with Gasteiger partial charge in [-0.15, -0.1) is 6.42 Å². The number of carbonyl (C=O) groups is 1. The van der Waals surface area contributed by atoms with Crippen LogP contribution in [0.2, 0.25) is 0 Å². The van der Waals surface area contributed by atoms with Gasteiger partial charge >= 0.3 is 5.97 Å². The molecule has 0 aliphatic carbocycles. The Hall–Kier alpha value is -1.76. The molecule has 0 radical (unpaired) electrons. The zero-order valence-electron chi connectivity index (χ0n) is 6.87. The largest absolute Gasteiger partial charge is 0.464 e. The molecule has 0 fully saturated rings. The van der Waals surface area contributed by atoms with Gasteiger partial charge in [-0.1, -0.05) is 5.92 Å². The van der Waals surface area contributed by atoms with Gasteiger partial charge in [0.15, 0.2) is 5.69 Å². The number of nitrogens with zero attached hydrogens (tertiary/aromatic N) is 2. The molecule has 1 rings (SSSR count). The summed E-state index contributed by atoms with van der Waals surface area (Å²) in [5, 5.41) is 3.83. The lowest BCUT2D eigenvalue weighted by atomic mass is 10.2. The Morgan fingerprint density at radius 2 is 2.50 bits per heavy atom. The molecule has 0 atom stereocenters. The van der Waals surface area contributed by atoms with Crippen molar-refractivity contribution in [1.82, 2.24) is 9.78 Å². The van der Waals surface area contributed by atoms with E-state index in [1.807, 2.05) is 0 Å². The maximum absolute atomic E-state index is 11.1. The van der Waals surface area contributed by atoms with E-state index in [9.17, 15) is 4.79 Å². The van der Waals surface area contributed by atoms with Crippen molar-refractivity contribution in [2.75, 3.05) is 7.11 Å². The van der Waals surface area contributed by atoms with Crippen molar-refractivity contribution in [3.63, 3.8) is 0 Å². The minimum absolute atomic E-state index is 0.306. The van der Waals surface area contributed by atoms with E-state index in [-0.39, 0.29) is 0 Å². The number of methoxy groups -OCH3 is 1. The zero-order valence-corrected chi connectivity index (χ0v) is 6.87. The molecule has 0 unspecified atom stereocenters. The topological polar surface area (TPSA) is 44.1 Å². The Kier molecular flexibility index (Phi) is 2.15. The van der Waals surface area contributed by atoms with E-state index in [0.29, 0.717) is 11.3 Å². The summed E-state index contributed by atoms with van der Waals surface area (Å²) in [6.45, 7) is 0. The first kappa shape index (κ1) is 8.34. The molecule has 1 aromatic heterocycles. The third kappa shape index (κ3) is 1.17. The van der Waals surface area contributed by atoms with Gasteiger partial charge in [0, 0.05) is 7.05 Å². The van der Waals surface area contributed by atoms with Crippen LogP contribution in [0.1, 0.15) is 16.1 Å². The summed E-state index contributed by atoms with van der Waals surface area (Å²) in [5.74, 6) is 1.88. The number of esters is 1. The monoisotopic (exact) mass is 164 g/mol. The first-order valence-electron chi connectivity index (χ1n) is 3.27. The summed E-state index contributed by atoms with van der Waals surface area (Å²) in [7, 11) is 2.93. The van der Waals surface area contributed by atoms with Gasteiger partial charge in [0.05, 0.1) is 18.9 Å². The van der Waals surface area contributed by atoms with Gasteiger partial charge in [-0.2, -0.15) is 5.10 Å². The van der Waals surface area contributed by atoms with E-state index < -0.39 is 5.97 Å². The quantitative estimate of drug-likeness (QED) is 0.439. The molecule has 4 nitrogen and oxygen atoms in total. The standard InChI is InChI=1S/C8H8N2O2/c1-4-6-5-9-10(2)7(6)8(11)12-3/h1,5H,2-3H3. The lowest BCUT2D eigenvalue weighted by Crippen LogP contribution is -2.09. The summed E-state index contributed by atoms with van der Waals surface area (Å²) in [5.41, 5.74) is 0.754. The van der Waals surface area contributed by atoms with E-state index in [0.717, 1.165) is 0 Å². The molecular weight excluding hydrogens is 156 g/mol. The second-order valence-electron chi connectivity index (χ2n) is 2.17. The lowest BCUT2D eigenvalue weighted by molar-refractivity contribution is 0.0588. The minimum Gasteiger partial charge on any atom is -0.464 e. The van der Waals surface area contributed by atoms with Crippen molar-refractivity contribution in [1.29, 1.82) is 0 Å². The van der Waals surface area contributed by atoms with Crippen LogP contribution in [0.5, 0.6) is 0 Å². The molecule has 0 N–H and O–H groups in total. The highest BCUT2D eigenvalue weighted by Crippen LogP contribution is 2.06. The fraction of sp³-hybridized carbons (Fsp3) is 0.250. The first-order valence-corrected chi connectivity index (χ1v) is 3.27. The fourth-order valence-corrected chi connectivity index (χ4v) is 0.882. The van der Waals surface area contributed by atoms with Crippen molar-refractivity contribution in [2.24, 2.45) is 7.05 Å². The second-order valence-corrected chi connectivity index (χ2v) is 2.17. The number of hydrogen-bond donors (Lipinski definition) is 0. The van der Waals surface area contributed by atoms with Crippen LogP contribution in [-0.2, 0) is 11.8 Å². The third-order valence-electron chi connectivity index (χ3n) is 1.47. The summed E-state index contributed by atoms with van der Waals surface area (Å²) in [4.78, 5) is 11.1. The molecule has 0 saturated heterocycles. The molecule has 0 saturated carbocycles. The average molecular weight is 164 g/mol. The van der Waals surface area contributed by atoms with Gasteiger partial charge < -0.3 is 4.74 Å². The Bertz CT molecular complexity index is 346. The molecule has 4 heteroatoms. The molecule has 0 aliphatic rings.